The third kappa shape index (κ3) is 3.39. The number of carbonyl (C=O) groups is 4. The fourth-order valence-corrected chi connectivity index (χ4v) is 2.69. The van der Waals surface area contributed by atoms with Crippen molar-refractivity contribution < 1.29 is 19.2 Å². The molecule has 3 rings (SSSR count). The van der Waals surface area contributed by atoms with Crippen molar-refractivity contribution in [2.24, 2.45) is 0 Å². The molecule has 0 bridgehead atoms. The molecule has 1 heterocycles. The first-order valence-corrected chi connectivity index (χ1v) is 8.19. The van der Waals surface area contributed by atoms with Crippen molar-refractivity contribution in [3.8, 4) is 0 Å². The fourth-order valence-electron chi connectivity index (χ4n) is 2.69. The highest BCUT2D eigenvalue weighted by molar-refractivity contribution is 6.15. The fraction of sp³-hybridized carbons (Fsp3) is 0.200. The van der Waals surface area contributed by atoms with Gasteiger partial charge in [-0.3, -0.25) is 29.0 Å². The van der Waals surface area contributed by atoms with Crippen LogP contribution in [0, 0.1) is 13.8 Å². The average Bonchev–Trinajstić information content (AvgIpc) is 2.63. The van der Waals surface area contributed by atoms with Gasteiger partial charge in [-0.1, -0.05) is 35.4 Å². The maximum atomic E-state index is 12.5. The van der Waals surface area contributed by atoms with Gasteiger partial charge in [0.05, 0.1) is 0 Å². The zero-order chi connectivity index (χ0) is 18.8. The molecule has 2 aromatic rings. The van der Waals surface area contributed by atoms with Crippen LogP contribution in [0.3, 0.4) is 0 Å². The van der Waals surface area contributed by atoms with Crippen LogP contribution in [0.25, 0.3) is 0 Å². The SMILES string of the molecule is Cc1ccc(C(=O)N2CC(=O)N(C(=O)c3ccc(C)cc3)CC2=O)cc1. The van der Waals surface area contributed by atoms with Gasteiger partial charge in [0.1, 0.15) is 13.1 Å². The van der Waals surface area contributed by atoms with Crippen LogP contribution >= 0.6 is 0 Å². The Bertz CT molecular complexity index is 810. The molecule has 4 amide bonds. The Morgan fingerprint density at radius 2 is 0.962 bits per heavy atom. The standard InChI is InChI=1S/C20H18N2O4/c1-13-3-7-15(8-4-13)19(25)21-11-18(24)22(12-17(21)23)20(26)16-9-5-14(2)6-10-16/h3-10H,11-12H2,1-2H3. The van der Waals surface area contributed by atoms with Crippen LogP contribution in [0.4, 0.5) is 0 Å². The summed E-state index contributed by atoms with van der Waals surface area (Å²) in [6.07, 6.45) is 0. The molecule has 1 saturated heterocycles. The van der Waals surface area contributed by atoms with Crippen molar-refractivity contribution in [2.75, 3.05) is 13.1 Å². The second kappa shape index (κ2) is 6.92. The van der Waals surface area contributed by atoms with Crippen LogP contribution in [-0.4, -0.2) is 46.5 Å². The first kappa shape index (κ1) is 17.5. The van der Waals surface area contributed by atoms with E-state index < -0.39 is 36.7 Å². The topological polar surface area (TPSA) is 74.8 Å². The van der Waals surface area contributed by atoms with Crippen LogP contribution in [0.15, 0.2) is 48.5 Å². The van der Waals surface area contributed by atoms with Gasteiger partial charge >= 0.3 is 0 Å². The Balaban J connectivity index is 1.76. The van der Waals surface area contributed by atoms with Gasteiger partial charge in [-0.25, -0.2) is 0 Å². The number of hydrogen-bond donors (Lipinski definition) is 0. The summed E-state index contributed by atoms with van der Waals surface area (Å²) in [5.41, 5.74) is 2.63. The van der Waals surface area contributed by atoms with Gasteiger partial charge in [0, 0.05) is 11.1 Å². The Kier molecular flexibility index (Phi) is 4.67. The number of imide groups is 2. The van der Waals surface area contributed by atoms with Crippen molar-refractivity contribution >= 4 is 23.6 Å². The monoisotopic (exact) mass is 350 g/mol. The summed E-state index contributed by atoms with van der Waals surface area (Å²) in [4.78, 5) is 51.6. The van der Waals surface area contributed by atoms with E-state index in [4.69, 9.17) is 0 Å². The van der Waals surface area contributed by atoms with Gasteiger partial charge < -0.3 is 0 Å². The number of piperazine rings is 1. The minimum absolute atomic E-state index is 0.329. The van der Waals surface area contributed by atoms with Crippen LogP contribution in [0.5, 0.6) is 0 Å². The van der Waals surface area contributed by atoms with E-state index in [1.807, 2.05) is 13.8 Å². The predicted octanol–water partition coefficient (Wildman–Crippen LogP) is 1.95. The molecule has 0 saturated carbocycles. The minimum atomic E-state index is -0.573. The minimum Gasteiger partial charge on any atom is -0.272 e. The van der Waals surface area contributed by atoms with Gasteiger partial charge in [-0.2, -0.15) is 0 Å². The summed E-state index contributed by atoms with van der Waals surface area (Å²) >= 11 is 0. The number of nitrogens with zero attached hydrogens (tertiary/aromatic N) is 2. The van der Waals surface area contributed by atoms with E-state index >= 15 is 0 Å². The Hall–Kier alpha value is -3.28. The third-order valence-electron chi connectivity index (χ3n) is 4.28. The van der Waals surface area contributed by atoms with Crippen LogP contribution in [-0.2, 0) is 9.59 Å². The van der Waals surface area contributed by atoms with Crippen molar-refractivity contribution in [1.82, 2.24) is 9.80 Å². The molecule has 1 aliphatic rings. The molecule has 132 valence electrons. The van der Waals surface area contributed by atoms with E-state index in [-0.39, 0.29) is 0 Å². The molecule has 6 heteroatoms. The van der Waals surface area contributed by atoms with Gasteiger partial charge in [0.25, 0.3) is 11.8 Å². The van der Waals surface area contributed by atoms with E-state index in [9.17, 15) is 19.2 Å². The molecule has 0 aromatic heterocycles. The highest BCUT2D eigenvalue weighted by Gasteiger charge is 2.37. The van der Waals surface area contributed by atoms with Gasteiger partial charge in [-0.05, 0) is 38.1 Å². The summed E-state index contributed by atoms with van der Waals surface area (Å²) in [7, 11) is 0. The molecule has 0 N–H and O–H groups in total. The molecular formula is C20H18N2O4. The van der Waals surface area contributed by atoms with Crippen LogP contribution in [0.2, 0.25) is 0 Å². The highest BCUT2D eigenvalue weighted by atomic mass is 16.2. The Morgan fingerprint density at radius 1 is 0.654 bits per heavy atom. The molecule has 2 aromatic carbocycles. The third-order valence-corrected chi connectivity index (χ3v) is 4.28. The second-order valence-corrected chi connectivity index (χ2v) is 6.30. The lowest BCUT2D eigenvalue weighted by atomic mass is 10.1. The van der Waals surface area contributed by atoms with E-state index in [2.05, 4.69) is 0 Å². The molecule has 1 aliphatic heterocycles. The smallest absolute Gasteiger partial charge is 0.260 e. The van der Waals surface area contributed by atoms with E-state index in [0.717, 1.165) is 20.9 Å². The molecule has 0 spiro atoms. The number of amides is 4. The van der Waals surface area contributed by atoms with Gasteiger partial charge in [-0.15, -0.1) is 0 Å². The molecule has 0 radical (unpaired) electrons. The summed E-state index contributed by atoms with van der Waals surface area (Å²) in [5.74, 6) is -2.22. The van der Waals surface area contributed by atoms with Crippen molar-refractivity contribution in [1.29, 1.82) is 0 Å². The molecule has 0 unspecified atom stereocenters. The maximum Gasteiger partial charge on any atom is 0.260 e. The molecular weight excluding hydrogens is 332 g/mol. The summed E-state index contributed by atoms with van der Waals surface area (Å²) in [6.45, 7) is 2.89. The van der Waals surface area contributed by atoms with Gasteiger partial charge in [0.2, 0.25) is 11.8 Å². The molecule has 0 aliphatic carbocycles. The highest BCUT2D eigenvalue weighted by Crippen LogP contribution is 2.15. The van der Waals surface area contributed by atoms with Crippen molar-refractivity contribution in [3.63, 3.8) is 0 Å². The number of hydrogen-bond acceptors (Lipinski definition) is 4. The summed E-state index contributed by atoms with van der Waals surface area (Å²) in [6, 6.07) is 13.5. The quantitative estimate of drug-likeness (QED) is 0.776. The number of benzene rings is 2. The zero-order valence-corrected chi connectivity index (χ0v) is 14.6. The molecule has 26 heavy (non-hydrogen) atoms. The first-order chi connectivity index (χ1) is 12.4. The largest absolute Gasteiger partial charge is 0.272 e. The Morgan fingerprint density at radius 3 is 1.27 bits per heavy atom. The van der Waals surface area contributed by atoms with Crippen LogP contribution in [0.1, 0.15) is 31.8 Å². The molecule has 1 fully saturated rings. The van der Waals surface area contributed by atoms with E-state index in [1.165, 1.54) is 0 Å². The molecule has 0 atom stereocenters. The second-order valence-electron chi connectivity index (χ2n) is 6.30. The first-order valence-electron chi connectivity index (χ1n) is 8.19. The van der Waals surface area contributed by atoms with Crippen molar-refractivity contribution in [3.05, 3.63) is 70.8 Å². The van der Waals surface area contributed by atoms with E-state index in [0.29, 0.717) is 11.1 Å². The molecule has 6 nitrogen and oxygen atoms in total. The van der Waals surface area contributed by atoms with Crippen molar-refractivity contribution in [2.45, 2.75) is 13.8 Å². The number of carbonyl (C=O) groups excluding carboxylic acids is 4. The summed E-state index contributed by atoms with van der Waals surface area (Å²) < 4.78 is 0. The normalized spacial score (nSPS) is 14.5. The maximum absolute atomic E-state index is 12.5. The number of aryl methyl sites for hydroxylation is 2. The zero-order valence-electron chi connectivity index (χ0n) is 14.6. The number of rotatable bonds is 2. The Labute approximate surface area is 151 Å². The predicted molar refractivity (Wildman–Crippen MR) is 94.4 cm³/mol. The average molecular weight is 350 g/mol. The lowest BCUT2D eigenvalue weighted by Gasteiger charge is -2.31. The lowest BCUT2D eigenvalue weighted by molar-refractivity contribution is -0.145. The summed E-state index contributed by atoms with van der Waals surface area (Å²) in [5, 5.41) is 0. The lowest BCUT2D eigenvalue weighted by Crippen LogP contribution is -2.57. The van der Waals surface area contributed by atoms with E-state index in [1.54, 1.807) is 48.5 Å². The van der Waals surface area contributed by atoms with Gasteiger partial charge in [0.15, 0.2) is 0 Å². The van der Waals surface area contributed by atoms with Crippen LogP contribution < -0.4 is 0 Å².